The zero-order valence-electron chi connectivity index (χ0n) is 11.1. The molecule has 0 aliphatic heterocycles. The van der Waals surface area contributed by atoms with Crippen LogP contribution in [-0.4, -0.2) is 12.6 Å². The Morgan fingerprint density at radius 1 is 1.05 bits per heavy atom. The molecule has 0 bridgehead atoms. The van der Waals surface area contributed by atoms with Crippen molar-refractivity contribution in [3.8, 4) is 5.75 Å². The molecule has 20 heavy (non-hydrogen) atoms. The van der Waals surface area contributed by atoms with Crippen molar-refractivity contribution < 1.29 is 14.3 Å². The first kappa shape index (κ1) is 13.9. The van der Waals surface area contributed by atoms with Crippen molar-refractivity contribution in [1.29, 1.82) is 0 Å². The van der Waals surface area contributed by atoms with E-state index in [1.807, 2.05) is 60.7 Å². The van der Waals surface area contributed by atoms with Gasteiger partial charge in [-0.2, -0.15) is 0 Å². The Kier molecular flexibility index (Phi) is 4.95. The number of benzene rings is 2. The highest BCUT2D eigenvalue weighted by molar-refractivity contribution is 5.81. The molecule has 102 valence electrons. The minimum atomic E-state index is -0.456. The topological polar surface area (TPSA) is 35.5 Å². The maximum atomic E-state index is 11.2. The summed E-state index contributed by atoms with van der Waals surface area (Å²) in [6.45, 7) is 3.52. The highest BCUT2D eigenvalue weighted by Crippen LogP contribution is 2.22. The third kappa shape index (κ3) is 3.99. The quantitative estimate of drug-likeness (QED) is 0.594. The number of ether oxygens (including phenoxy) is 2. The van der Waals surface area contributed by atoms with Gasteiger partial charge in [-0.1, -0.05) is 55.1 Å². The SMILES string of the molecule is C=CC(=O)OCC(Oc1ccccc1)c1ccccc1. The lowest BCUT2D eigenvalue weighted by molar-refractivity contribution is -0.140. The van der Waals surface area contributed by atoms with Gasteiger partial charge in [0.05, 0.1) is 0 Å². The second-order valence-corrected chi connectivity index (χ2v) is 4.16. The molecule has 0 radical (unpaired) electrons. The van der Waals surface area contributed by atoms with Crippen molar-refractivity contribution in [3.63, 3.8) is 0 Å². The first-order chi connectivity index (χ1) is 9.79. The lowest BCUT2D eigenvalue weighted by Gasteiger charge is -2.19. The van der Waals surface area contributed by atoms with Gasteiger partial charge in [0.2, 0.25) is 0 Å². The van der Waals surface area contributed by atoms with Gasteiger partial charge < -0.3 is 9.47 Å². The first-order valence-corrected chi connectivity index (χ1v) is 6.35. The molecule has 0 fully saturated rings. The van der Waals surface area contributed by atoms with Crippen LogP contribution < -0.4 is 4.74 Å². The van der Waals surface area contributed by atoms with Gasteiger partial charge in [-0.05, 0) is 17.7 Å². The molecule has 0 aliphatic rings. The monoisotopic (exact) mass is 268 g/mol. The predicted octanol–water partition coefficient (Wildman–Crippen LogP) is 3.54. The standard InChI is InChI=1S/C17H16O3/c1-2-17(18)19-13-16(14-9-5-3-6-10-14)20-15-11-7-4-8-12-15/h2-12,16H,1,13H2. The Morgan fingerprint density at radius 3 is 2.25 bits per heavy atom. The molecule has 0 saturated carbocycles. The molecule has 0 N–H and O–H groups in total. The van der Waals surface area contributed by atoms with Crippen LogP contribution in [0.25, 0.3) is 0 Å². The van der Waals surface area contributed by atoms with Gasteiger partial charge in [0.1, 0.15) is 12.4 Å². The van der Waals surface area contributed by atoms with Crippen LogP contribution in [-0.2, 0) is 9.53 Å². The van der Waals surface area contributed by atoms with Gasteiger partial charge in [0, 0.05) is 6.08 Å². The first-order valence-electron chi connectivity index (χ1n) is 6.35. The largest absolute Gasteiger partial charge is 0.482 e. The van der Waals surface area contributed by atoms with E-state index in [0.717, 1.165) is 17.4 Å². The summed E-state index contributed by atoms with van der Waals surface area (Å²) in [5.41, 5.74) is 0.952. The molecular weight excluding hydrogens is 252 g/mol. The molecule has 2 rings (SSSR count). The van der Waals surface area contributed by atoms with Crippen molar-refractivity contribution in [2.45, 2.75) is 6.10 Å². The second kappa shape index (κ2) is 7.14. The summed E-state index contributed by atoms with van der Waals surface area (Å²) in [4.78, 5) is 11.2. The summed E-state index contributed by atoms with van der Waals surface area (Å²) >= 11 is 0. The Labute approximate surface area is 118 Å². The number of hydrogen-bond donors (Lipinski definition) is 0. The molecular formula is C17H16O3. The minimum absolute atomic E-state index is 0.143. The van der Waals surface area contributed by atoms with E-state index in [1.165, 1.54) is 0 Å². The van der Waals surface area contributed by atoms with Crippen LogP contribution in [0.4, 0.5) is 0 Å². The van der Waals surface area contributed by atoms with Gasteiger partial charge in [0.15, 0.2) is 6.10 Å². The minimum Gasteiger partial charge on any atom is -0.482 e. The Balaban J connectivity index is 2.12. The predicted molar refractivity (Wildman–Crippen MR) is 77.4 cm³/mol. The van der Waals surface area contributed by atoms with E-state index < -0.39 is 5.97 Å². The molecule has 0 saturated heterocycles. The number of rotatable bonds is 6. The molecule has 3 heteroatoms. The molecule has 0 aliphatic carbocycles. The zero-order chi connectivity index (χ0) is 14.2. The van der Waals surface area contributed by atoms with Crippen LogP contribution in [0, 0.1) is 0 Å². The molecule has 0 spiro atoms. The molecule has 1 atom stereocenters. The lowest BCUT2D eigenvalue weighted by Crippen LogP contribution is -2.16. The van der Waals surface area contributed by atoms with Crippen molar-refractivity contribution in [3.05, 3.63) is 78.9 Å². The number of carbonyl (C=O) groups excluding carboxylic acids is 1. The smallest absolute Gasteiger partial charge is 0.330 e. The fraction of sp³-hybridized carbons (Fsp3) is 0.118. The van der Waals surface area contributed by atoms with E-state index >= 15 is 0 Å². The van der Waals surface area contributed by atoms with Gasteiger partial charge in [-0.3, -0.25) is 0 Å². The summed E-state index contributed by atoms with van der Waals surface area (Å²) in [6.07, 6.45) is 0.799. The highest BCUT2D eigenvalue weighted by Gasteiger charge is 2.15. The number of esters is 1. The fourth-order valence-corrected chi connectivity index (χ4v) is 1.75. The van der Waals surface area contributed by atoms with E-state index in [2.05, 4.69) is 6.58 Å². The molecule has 0 amide bonds. The summed E-state index contributed by atoms with van der Waals surface area (Å²) in [6, 6.07) is 19.1. The van der Waals surface area contributed by atoms with Gasteiger partial charge in [0.25, 0.3) is 0 Å². The van der Waals surface area contributed by atoms with Crippen molar-refractivity contribution in [2.24, 2.45) is 0 Å². The van der Waals surface area contributed by atoms with Crippen molar-refractivity contribution in [2.75, 3.05) is 6.61 Å². The Bertz CT molecular complexity index is 549. The summed E-state index contributed by atoms with van der Waals surface area (Å²) in [7, 11) is 0. The average molecular weight is 268 g/mol. The fourth-order valence-electron chi connectivity index (χ4n) is 1.75. The third-order valence-corrected chi connectivity index (χ3v) is 2.74. The summed E-state index contributed by atoms with van der Waals surface area (Å²) < 4.78 is 11.0. The van der Waals surface area contributed by atoms with Crippen LogP contribution in [0.3, 0.4) is 0 Å². The van der Waals surface area contributed by atoms with Crippen LogP contribution >= 0.6 is 0 Å². The number of para-hydroxylation sites is 1. The lowest BCUT2D eigenvalue weighted by atomic mass is 10.1. The normalized spacial score (nSPS) is 11.4. The van der Waals surface area contributed by atoms with Crippen LogP contribution in [0.15, 0.2) is 73.3 Å². The maximum absolute atomic E-state index is 11.2. The molecule has 3 nitrogen and oxygen atoms in total. The zero-order valence-corrected chi connectivity index (χ0v) is 11.1. The van der Waals surface area contributed by atoms with E-state index in [-0.39, 0.29) is 12.7 Å². The van der Waals surface area contributed by atoms with Gasteiger partial charge in [-0.15, -0.1) is 0 Å². The maximum Gasteiger partial charge on any atom is 0.330 e. The molecule has 0 aromatic heterocycles. The van der Waals surface area contributed by atoms with Crippen molar-refractivity contribution in [1.82, 2.24) is 0 Å². The Hall–Kier alpha value is -2.55. The summed E-state index contributed by atoms with van der Waals surface area (Å²) in [5.74, 6) is 0.276. The molecule has 2 aromatic carbocycles. The van der Waals surface area contributed by atoms with E-state index in [4.69, 9.17) is 9.47 Å². The van der Waals surface area contributed by atoms with Crippen LogP contribution in [0.5, 0.6) is 5.75 Å². The van der Waals surface area contributed by atoms with E-state index in [1.54, 1.807) is 0 Å². The second-order valence-electron chi connectivity index (χ2n) is 4.16. The molecule has 1 unspecified atom stereocenters. The third-order valence-electron chi connectivity index (χ3n) is 2.74. The van der Waals surface area contributed by atoms with Crippen molar-refractivity contribution >= 4 is 5.97 Å². The van der Waals surface area contributed by atoms with Gasteiger partial charge >= 0.3 is 5.97 Å². The van der Waals surface area contributed by atoms with Gasteiger partial charge in [-0.25, -0.2) is 4.79 Å². The van der Waals surface area contributed by atoms with E-state index in [0.29, 0.717) is 0 Å². The molecule has 2 aromatic rings. The number of hydrogen-bond acceptors (Lipinski definition) is 3. The average Bonchev–Trinajstić information content (AvgIpc) is 2.53. The highest BCUT2D eigenvalue weighted by atomic mass is 16.6. The van der Waals surface area contributed by atoms with E-state index in [9.17, 15) is 4.79 Å². The summed E-state index contributed by atoms with van der Waals surface area (Å²) in [5, 5.41) is 0. The van der Waals surface area contributed by atoms with Crippen LogP contribution in [0.2, 0.25) is 0 Å². The molecule has 0 heterocycles. The van der Waals surface area contributed by atoms with Crippen LogP contribution in [0.1, 0.15) is 11.7 Å². The number of carbonyl (C=O) groups is 1. The Morgan fingerprint density at radius 2 is 1.65 bits per heavy atom.